The second kappa shape index (κ2) is 5.74. The van der Waals surface area contributed by atoms with E-state index in [-0.39, 0.29) is 0 Å². The number of aromatic nitrogens is 2. The summed E-state index contributed by atoms with van der Waals surface area (Å²) in [5.41, 5.74) is 9.41. The predicted octanol–water partition coefficient (Wildman–Crippen LogP) is 3.71. The fraction of sp³-hybridized carbons (Fsp3) is 0.562. The lowest BCUT2D eigenvalue weighted by Crippen LogP contribution is -2.12. The van der Waals surface area contributed by atoms with E-state index in [1.807, 2.05) is 6.33 Å². The first kappa shape index (κ1) is 14.1. The summed E-state index contributed by atoms with van der Waals surface area (Å²) in [6.45, 7) is 9.62. The van der Waals surface area contributed by atoms with Crippen molar-refractivity contribution in [2.75, 3.05) is 6.54 Å². The van der Waals surface area contributed by atoms with Crippen molar-refractivity contribution in [3.05, 3.63) is 30.1 Å². The zero-order valence-electron chi connectivity index (χ0n) is 12.4. The van der Waals surface area contributed by atoms with Crippen molar-refractivity contribution in [2.24, 2.45) is 11.7 Å². The maximum absolute atomic E-state index is 5.74. The number of hydrogen-bond donors (Lipinski definition) is 1. The van der Waals surface area contributed by atoms with Crippen LogP contribution in [-0.4, -0.2) is 16.1 Å². The molecule has 1 aromatic heterocycles. The average molecular weight is 259 g/mol. The molecule has 1 unspecified atom stereocenters. The minimum absolute atomic E-state index is 0.445. The lowest BCUT2D eigenvalue weighted by molar-refractivity contribution is 0.473. The van der Waals surface area contributed by atoms with Crippen LogP contribution in [0.15, 0.2) is 24.5 Å². The Kier molecular flexibility index (Phi) is 4.25. The zero-order chi connectivity index (χ0) is 14.0. The number of fused-ring (bicyclic) bond motifs is 1. The lowest BCUT2D eigenvalue weighted by Gasteiger charge is -2.20. The first-order valence-corrected chi connectivity index (χ1v) is 7.21. The summed E-state index contributed by atoms with van der Waals surface area (Å²) in [4.78, 5) is 4.53. The molecule has 0 aliphatic rings. The third-order valence-corrected chi connectivity index (χ3v) is 3.87. The number of imidazole rings is 1. The number of hydrogen-bond acceptors (Lipinski definition) is 2. The Balaban J connectivity index is 2.41. The van der Waals surface area contributed by atoms with Crippen molar-refractivity contribution in [1.29, 1.82) is 0 Å². The summed E-state index contributed by atoms with van der Waals surface area (Å²) in [7, 11) is 0. The molecule has 0 aliphatic heterocycles. The van der Waals surface area contributed by atoms with Crippen LogP contribution >= 0.6 is 0 Å². The van der Waals surface area contributed by atoms with Gasteiger partial charge in [0.1, 0.15) is 0 Å². The highest BCUT2D eigenvalue weighted by molar-refractivity contribution is 5.76. The molecule has 0 aliphatic carbocycles. The van der Waals surface area contributed by atoms with Crippen LogP contribution in [0, 0.1) is 5.92 Å². The molecule has 0 amide bonds. The summed E-state index contributed by atoms with van der Waals surface area (Å²) in [5, 5.41) is 0. The van der Waals surface area contributed by atoms with Crippen LogP contribution in [0.4, 0.5) is 0 Å². The molecular formula is C16H25N3. The highest BCUT2D eigenvalue weighted by atomic mass is 15.1. The van der Waals surface area contributed by atoms with Crippen LogP contribution in [0.25, 0.3) is 11.0 Å². The third kappa shape index (κ3) is 2.81. The number of rotatable bonds is 5. The van der Waals surface area contributed by atoms with Crippen LogP contribution in [-0.2, 0) is 0 Å². The Morgan fingerprint density at radius 3 is 2.53 bits per heavy atom. The summed E-state index contributed by atoms with van der Waals surface area (Å²) in [6.07, 6.45) is 2.97. The molecule has 1 aromatic carbocycles. The molecule has 3 heteroatoms. The smallest absolute Gasteiger partial charge is 0.0960 e. The molecule has 0 saturated carbocycles. The van der Waals surface area contributed by atoms with E-state index in [0.717, 1.165) is 18.5 Å². The van der Waals surface area contributed by atoms with E-state index in [1.165, 1.54) is 11.1 Å². The van der Waals surface area contributed by atoms with Gasteiger partial charge in [-0.2, -0.15) is 0 Å². The SMILES string of the molecule is CC(C)C(CCN)c1ccc2c(c1)ncn2C(C)C. The van der Waals surface area contributed by atoms with E-state index in [9.17, 15) is 0 Å². The summed E-state index contributed by atoms with van der Waals surface area (Å²) < 4.78 is 2.21. The van der Waals surface area contributed by atoms with Crippen LogP contribution in [0.5, 0.6) is 0 Å². The minimum Gasteiger partial charge on any atom is -0.330 e. The number of benzene rings is 1. The van der Waals surface area contributed by atoms with Crippen molar-refractivity contribution >= 4 is 11.0 Å². The van der Waals surface area contributed by atoms with Gasteiger partial charge in [0.15, 0.2) is 0 Å². The van der Waals surface area contributed by atoms with E-state index in [0.29, 0.717) is 17.9 Å². The van der Waals surface area contributed by atoms with Gasteiger partial charge in [-0.1, -0.05) is 19.9 Å². The second-order valence-electron chi connectivity index (χ2n) is 5.92. The van der Waals surface area contributed by atoms with Crippen molar-refractivity contribution in [3.63, 3.8) is 0 Å². The Bertz CT molecular complexity index is 540. The molecule has 1 atom stereocenters. The van der Waals surface area contributed by atoms with Crippen LogP contribution in [0.3, 0.4) is 0 Å². The molecule has 1 heterocycles. The van der Waals surface area contributed by atoms with Crippen LogP contribution in [0.1, 0.15) is 51.6 Å². The monoisotopic (exact) mass is 259 g/mol. The Hall–Kier alpha value is -1.35. The summed E-state index contributed by atoms with van der Waals surface area (Å²) in [5.74, 6) is 1.13. The number of nitrogens with zero attached hydrogens (tertiary/aromatic N) is 2. The molecule has 2 N–H and O–H groups in total. The second-order valence-corrected chi connectivity index (χ2v) is 5.92. The van der Waals surface area contributed by atoms with Crippen molar-refractivity contribution in [1.82, 2.24) is 9.55 Å². The minimum atomic E-state index is 0.445. The third-order valence-electron chi connectivity index (χ3n) is 3.87. The molecule has 2 aromatic rings. The normalized spacial score (nSPS) is 13.6. The van der Waals surface area contributed by atoms with E-state index in [2.05, 4.69) is 55.4 Å². The van der Waals surface area contributed by atoms with Crippen molar-refractivity contribution in [3.8, 4) is 0 Å². The van der Waals surface area contributed by atoms with Gasteiger partial charge in [-0.05, 0) is 56.3 Å². The first-order valence-electron chi connectivity index (χ1n) is 7.21. The van der Waals surface area contributed by atoms with Crippen molar-refractivity contribution < 1.29 is 0 Å². The molecule has 0 bridgehead atoms. The maximum Gasteiger partial charge on any atom is 0.0960 e. The van der Waals surface area contributed by atoms with Gasteiger partial charge in [0.25, 0.3) is 0 Å². The largest absolute Gasteiger partial charge is 0.330 e. The molecule has 19 heavy (non-hydrogen) atoms. The summed E-state index contributed by atoms with van der Waals surface area (Å²) in [6, 6.07) is 7.11. The van der Waals surface area contributed by atoms with Gasteiger partial charge in [-0.25, -0.2) is 4.98 Å². The molecule has 104 valence electrons. The van der Waals surface area contributed by atoms with Crippen LogP contribution in [0.2, 0.25) is 0 Å². The Morgan fingerprint density at radius 1 is 1.21 bits per heavy atom. The van der Waals surface area contributed by atoms with Gasteiger partial charge >= 0.3 is 0 Å². The summed E-state index contributed by atoms with van der Waals surface area (Å²) >= 11 is 0. The van der Waals surface area contributed by atoms with E-state index in [4.69, 9.17) is 5.73 Å². The molecular weight excluding hydrogens is 234 g/mol. The van der Waals surface area contributed by atoms with Gasteiger partial charge in [0, 0.05) is 6.04 Å². The van der Waals surface area contributed by atoms with E-state index < -0.39 is 0 Å². The highest BCUT2D eigenvalue weighted by Crippen LogP contribution is 2.30. The Morgan fingerprint density at radius 2 is 1.95 bits per heavy atom. The van der Waals surface area contributed by atoms with E-state index in [1.54, 1.807) is 0 Å². The van der Waals surface area contributed by atoms with Gasteiger partial charge in [0.2, 0.25) is 0 Å². The quantitative estimate of drug-likeness (QED) is 0.889. The first-order chi connectivity index (χ1) is 9.04. The predicted molar refractivity (Wildman–Crippen MR) is 81.4 cm³/mol. The van der Waals surface area contributed by atoms with Gasteiger partial charge < -0.3 is 10.3 Å². The maximum atomic E-state index is 5.74. The van der Waals surface area contributed by atoms with Crippen molar-refractivity contribution in [2.45, 2.75) is 46.1 Å². The number of nitrogens with two attached hydrogens (primary N) is 1. The standard InChI is InChI=1S/C16H25N3/c1-11(2)14(7-8-17)13-5-6-16-15(9-13)18-10-19(16)12(3)4/h5-6,9-12,14H,7-8,17H2,1-4H3. The van der Waals surface area contributed by atoms with Crippen LogP contribution < -0.4 is 5.73 Å². The van der Waals surface area contributed by atoms with Gasteiger partial charge in [-0.3, -0.25) is 0 Å². The zero-order valence-corrected chi connectivity index (χ0v) is 12.4. The van der Waals surface area contributed by atoms with E-state index >= 15 is 0 Å². The molecule has 2 rings (SSSR count). The lowest BCUT2D eigenvalue weighted by atomic mass is 9.85. The van der Waals surface area contributed by atoms with Gasteiger partial charge in [0.05, 0.1) is 17.4 Å². The fourth-order valence-corrected chi connectivity index (χ4v) is 2.76. The fourth-order valence-electron chi connectivity index (χ4n) is 2.76. The van der Waals surface area contributed by atoms with Gasteiger partial charge in [-0.15, -0.1) is 0 Å². The Labute approximate surface area is 115 Å². The molecule has 3 nitrogen and oxygen atoms in total. The molecule has 0 fully saturated rings. The molecule has 0 saturated heterocycles. The molecule has 0 radical (unpaired) electrons. The highest BCUT2D eigenvalue weighted by Gasteiger charge is 2.16. The average Bonchev–Trinajstić information content (AvgIpc) is 2.78. The topological polar surface area (TPSA) is 43.8 Å². The molecule has 0 spiro atoms.